The number of halogens is 2. The monoisotopic (exact) mass is 329 g/mol. The zero-order chi connectivity index (χ0) is 15.6. The fraction of sp³-hybridized carbons (Fsp3) is 0.154. The SMILES string of the molecule is Cc1ccncc1CNS(=O)(=O)c1cc(N)cc(Cl)c1F. The molecule has 0 atom stereocenters. The lowest BCUT2D eigenvalue weighted by Gasteiger charge is -2.10. The van der Waals surface area contributed by atoms with Crippen LogP contribution in [0.2, 0.25) is 5.02 Å². The molecule has 0 spiro atoms. The lowest BCUT2D eigenvalue weighted by atomic mass is 10.2. The number of nitrogen functional groups attached to an aromatic ring is 1. The van der Waals surface area contributed by atoms with Crippen molar-refractivity contribution in [3.05, 3.63) is 52.6 Å². The van der Waals surface area contributed by atoms with E-state index in [0.29, 0.717) is 5.56 Å². The zero-order valence-corrected chi connectivity index (χ0v) is 12.7. The molecular weight excluding hydrogens is 317 g/mol. The van der Waals surface area contributed by atoms with Gasteiger partial charge in [0.25, 0.3) is 0 Å². The van der Waals surface area contributed by atoms with Gasteiger partial charge in [-0.2, -0.15) is 0 Å². The van der Waals surface area contributed by atoms with Gasteiger partial charge < -0.3 is 5.73 Å². The minimum Gasteiger partial charge on any atom is -0.399 e. The highest BCUT2D eigenvalue weighted by atomic mass is 35.5. The molecule has 21 heavy (non-hydrogen) atoms. The maximum atomic E-state index is 13.9. The normalized spacial score (nSPS) is 11.6. The third-order valence-electron chi connectivity index (χ3n) is 2.91. The second-order valence-electron chi connectivity index (χ2n) is 4.44. The molecule has 8 heteroatoms. The minimum absolute atomic E-state index is 0.00609. The number of nitrogens with one attached hydrogen (secondary N) is 1. The van der Waals surface area contributed by atoms with Crippen LogP contribution in [0.25, 0.3) is 0 Å². The Balaban J connectivity index is 2.30. The molecule has 2 aromatic rings. The van der Waals surface area contributed by atoms with Gasteiger partial charge in [0, 0.05) is 24.6 Å². The summed E-state index contributed by atoms with van der Waals surface area (Å²) < 4.78 is 40.5. The molecule has 1 heterocycles. The van der Waals surface area contributed by atoms with Crippen LogP contribution in [0.1, 0.15) is 11.1 Å². The van der Waals surface area contributed by atoms with Crippen LogP contribution >= 0.6 is 11.6 Å². The van der Waals surface area contributed by atoms with Gasteiger partial charge in [-0.1, -0.05) is 11.6 Å². The first-order chi connectivity index (χ1) is 9.81. The zero-order valence-electron chi connectivity index (χ0n) is 11.1. The smallest absolute Gasteiger partial charge is 0.243 e. The highest BCUT2D eigenvalue weighted by Crippen LogP contribution is 2.25. The number of hydrogen-bond donors (Lipinski definition) is 2. The largest absolute Gasteiger partial charge is 0.399 e. The second-order valence-corrected chi connectivity index (χ2v) is 6.58. The van der Waals surface area contributed by atoms with Crippen LogP contribution in [-0.2, 0) is 16.6 Å². The molecule has 0 saturated heterocycles. The third-order valence-corrected chi connectivity index (χ3v) is 4.58. The van der Waals surface area contributed by atoms with Gasteiger partial charge in [-0.15, -0.1) is 0 Å². The molecule has 0 amide bonds. The molecule has 5 nitrogen and oxygen atoms in total. The summed E-state index contributed by atoms with van der Waals surface area (Å²) >= 11 is 5.61. The van der Waals surface area contributed by atoms with E-state index in [9.17, 15) is 12.8 Å². The Labute approximate surface area is 127 Å². The number of benzene rings is 1. The van der Waals surface area contributed by atoms with Gasteiger partial charge in [0.05, 0.1) is 5.02 Å². The van der Waals surface area contributed by atoms with E-state index in [2.05, 4.69) is 9.71 Å². The Morgan fingerprint density at radius 3 is 2.81 bits per heavy atom. The molecule has 0 saturated carbocycles. The first kappa shape index (κ1) is 15.7. The van der Waals surface area contributed by atoms with Gasteiger partial charge >= 0.3 is 0 Å². The number of nitrogens with two attached hydrogens (primary N) is 1. The second kappa shape index (κ2) is 5.97. The van der Waals surface area contributed by atoms with Gasteiger partial charge in [0.1, 0.15) is 4.90 Å². The fourth-order valence-electron chi connectivity index (χ4n) is 1.71. The van der Waals surface area contributed by atoms with Crippen LogP contribution in [0.5, 0.6) is 0 Å². The predicted molar refractivity (Wildman–Crippen MR) is 78.8 cm³/mol. The molecule has 0 aliphatic heterocycles. The van der Waals surface area contributed by atoms with Gasteiger partial charge in [-0.25, -0.2) is 17.5 Å². The van der Waals surface area contributed by atoms with E-state index in [1.54, 1.807) is 18.5 Å². The van der Waals surface area contributed by atoms with E-state index in [1.165, 1.54) is 0 Å². The molecule has 0 bridgehead atoms. The number of aryl methyl sites for hydroxylation is 1. The number of sulfonamides is 1. The number of rotatable bonds is 4. The average molecular weight is 330 g/mol. The number of nitrogens with zero attached hydrogens (tertiary/aromatic N) is 1. The molecule has 0 radical (unpaired) electrons. The number of anilines is 1. The van der Waals surface area contributed by atoms with Crippen molar-refractivity contribution in [3.63, 3.8) is 0 Å². The van der Waals surface area contributed by atoms with Crippen molar-refractivity contribution in [1.82, 2.24) is 9.71 Å². The number of hydrogen-bond acceptors (Lipinski definition) is 4. The minimum atomic E-state index is -4.07. The topological polar surface area (TPSA) is 85.1 Å². The molecule has 2 rings (SSSR count). The Hall–Kier alpha value is -1.70. The molecule has 112 valence electrons. The Morgan fingerprint density at radius 2 is 2.14 bits per heavy atom. The predicted octanol–water partition coefficient (Wildman–Crippen LogP) is 2.24. The first-order valence-corrected chi connectivity index (χ1v) is 7.81. The molecule has 0 aliphatic carbocycles. The van der Waals surface area contributed by atoms with Crippen LogP contribution in [-0.4, -0.2) is 13.4 Å². The quantitative estimate of drug-likeness (QED) is 0.842. The van der Waals surface area contributed by atoms with Crippen molar-refractivity contribution in [1.29, 1.82) is 0 Å². The summed E-state index contributed by atoms with van der Waals surface area (Å²) in [6, 6.07) is 3.93. The molecule has 0 unspecified atom stereocenters. The third kappa shape index (κ3) is 3.49. The lowest BCUT2D eigenvalue weighted by Crippen LogP contribution is -2.25. The molecule has 3 N–H and O–H groups in total. The maximum Gasteiger partial charge on any atom is 0.243 e. The average Bonchev–Trinajstić information content (AvgIpc) is 2.42. The molecular formula is C13H13ClFN3O2S. The summed E-state index contributed by atoms with van der Waals surface area (Å²) in [6.07, 6.45) is 3.14. The van der Waals surface area contributed by atoms with E-state index >= 15 is 0 Å². The van der Waals surface area contributed by atoms with E-state index < -0.39 is 20.7 Å². The highest BCUT2D eigenvalue weighted by Gasteiger charge is 2.22. The summed E-state index contributed by atoms with van der Waals surface area (Å²) in [5.74, 6) is -1.03. The van der Waals surface area contributed by atoms with E-state index in [4.69, 9.17) is 17.3 Å². The molecule has 0 fully saturated rings. The van der Waals surface area contributed by atoms with Crippen molar-refractivity contribution < 1.29 is 12.8 Å². The van der Waals surface area contributed by atoms with Crippen LogP contribution in [0.4, 0.5) is 10.1 Å². The summed E-state index contributed by atoms with van der Waals surface area (Å²) in [6.45, 7) is 1.82. The standard InChI is InChI=1S/C13H13ClFN3O2S/c1-8-2-3-17-6-9(8)7-18-21(19,20)12-5-10(16)4-11(14)13(12)15/h2-6,18H,7,16H2,1H3. The van der Waals surface area contributed by atoms with Crippen LogP contribution in [0, 0.1) is 12.7 Å². The molecule has 1 aromatic heterocycles. The van der Waals surface area contributed by atoms with Crippen molar-refractivity contribution in [2.24, 2.45) is 0 Å². The van der Waals surface area contributed by atoms with Crippen LogP contribution in [0.15, 0.2) is 35.5 Å². The Morgan fingerprint density at radius 1 is 1.43 bits per heavy atom. The van der Waals surface area contributed by atoms with Crippen molar-refractivity contribution >= 4 is 27.3 Å². The van der Waals surface area contributed by atoms with Crippen LogP contribution in [0.3, 0.4) is 0 Å². The highest BCUT2D eigenvalue weighted by molar-refractivity contribution is 7.89. The van der Waals surface area contributed by atoms with Gasteiger partial charge in [0.15, 0.2) is 5.82 Å². The van der Waals surface area contributed by atoms with Gasteiger partial charge in [0.2, 0.25) is 10.0 Å². The van der Waals surface area contributed by atoms with Crippen molar-refractivity contribution in [2.75, 3.05) is 5.73 Å². The Kier molecular flexibility index (Phi) is 4.46. The van der Waals surface area contributed by atoms with Crippen LogP contribution < -0.4 is 10.5 Å². The summed E-state index contributed by atoms with van der Waals surface area (Å²) in [5, 5.41) is -0.340. The van der Waals surface area contributed by atoms with E-state index in [-0.39, 0.29) is 17.3 Å². The van der Waals surface area contributed by atoms with Crippen molar-refractivity contribution in [3.8, 4) is 0 Å². The fourth-order valence-corrected chi connectivity index (χ4v) is 3.13. The first-order valence-electron chi connectivity index (χ1n) is 5.95. The molecule has 0 aliphatic rings. The van der Waals surface area contributed by atoms with E-state index in [1.807, 2.05) is 6.92 Å². The van der Waals surface area contributed by atoms with Gasteiger partial charge in [-0.05, 0) is 36.2 Å². The van der Waals surface area contributed by atoms with Crippen molar-refractivity contribution in [2.45, 2.75) is 18.4 Å². The molecule has 1 aromatic carbocycles. The number of aromatic nitrogens is 1. The Bertz CT molecular complexity index is 781. The van der Waals surface area contributed by atoms with Gasteiger partial charge in [-0.3, -0.25) is 4.98 Å². The lowest BCUT2D eigenvalue weighted by molar-refractivity contribution is 0.557. The number of pyridine rings is 1. The summed E-state index contributed by atoms with van der Waals surface area (Å²) in [5.41, 5.74) is 7.14. The summed E-state index contributed by atoms with van der Waals surface area (Å²) in [4.78, 5) is 3.34. The summed E-state index contributed by atoms with van der Waals surface area (Å²) in [7, 11) is -4.07. The maximum absolute atomic E-state index is 13.9. The van der Waals surface area contributed by atoms with E-state index in [0.717, 1.165) is 17.7 Å².